The van der Waals surface area contributed by atoms with Crippen molar-refractivity contribution in [1.29, 1.82) is 0 Å². The first-order valence-electron chi connectivity index (χ1n) is 12.5. The lowest BCUT2D eigenvalue weighted by Crippen LogP contribution is -2.37. The molecule has 0 saturated heterocycles. The second kappa shape index (κ2) is 13.2. The Kier molecular flexibility index (Phi) is 9.64. The molecule has 0 saturated carbocycles. The van der Waals surface area contributed by atoms with Gasteiger partial charge in [-0.15, -0.1) is 0 Å². The molecule has 3 amide bonds. The second-order valence-corrected chi connectivity index (χ2v) is 12.3. The van der Waals surface area contributed by atoms with Crippen LogP contribution < -0.4 is 15.4 Å². The number of rotatable bonds is 9. The van der Waals surface area contributed by atoms with E-state index in [-0.39, 0.29) is 23.6 Å². The third kappa shape index (κ3) is 7.74. The Morgan fingerprint density at radius 1 is 0.881 bits per heavy atom. The van der Waals surface area contributed by atoms with Crippen molar-refractivity contribution in [3.05, 3.63) is 106 Å². The molecule has 0 spiro atoms. The summed E-state index contributed by atoms with van der Waals surface area (Å²) in [6.45, 7) is 0.0630. The van der Waals surface area contributed by atoms with Gasteiger partial charge in [0.2, 0.25) is 5.91 Å². The average molecular weight is 625 g/mol. The number of nitrogens with one attached hydrogen (secondary N) is 3. The molecule has 1 heterocycles. The molecule has 4 aromatic rings. The van der Waals surface area contributed by atoms with Gasteiger partial charge >= 0.3 is 0 Å². The summed E-state index contributed by atoms with van der Waals surface area (Å²) >= 11 is 12.0. The zero-order chi connectivity index (χ0) is 30.4. The molecule has 216 valence electrons. The number of likely N-dealkylation sites (N-methyl/N-ethyl adjacent to an activating group) is 1. The van der Waals surface area contributed by atoms with E-state index in [2.05, 4.69) is 26.2 Å². The molecule has 1 atom stereocenters. The first kappa shape index (κ1) is 30.7. The van der Waals surface area contributed by atoms with Crippen LogP contribution in [0.5, 0.6) is 0 Å². The number of amides is 3. The number of benzene rings is 3. The molecule has 3 aromatic carbocycles. The Bertz CT molecular complexity index is 1740. The fraction of sp³-hybridized carbons (Fsp3) is 0.100. The quantitative estimate of drug-likeness (QED) is 0.220. The van der Waals surface area contributed by atoms with E-state index < -0.39 is 27.4 Å². The van der Waals surface area contributed by atoms with Crippen LogP contribution in [0.15, 0.2) is 90.0 Å². The van der Waals surface area contributed by atoms with Crippen LogP contribution in [-0.2, 0) is 14.5 Å². The summed E-state index contributed by atoms with van der Waals surface area (Å²) in [5.41, 5.74) is 1.96. The van der Waals surface area contributed by atoms with Gasteiger partial charge in [-0.2, -0.15) is 0 Å². The highest BCUT2D eigenvalue weighted by atomic mass is 35.5. The van der Waals surface area contributed by atoms with Crippen LogP contribution in [0.25, 0.3) is 11.1 Å². The zero-order valence-electron chi connectivity index (χ0n) is 22.7. The van der Waals surface area contributed by atoms with Crippen molar-refractivity contribution in [3.8, 4) is 11.1 Å². The number of carbonyl (C=O) groups is 3. The van der Waals surface area contributed by atoms with Crippen LogP contribution in [0, 0.1) is 0 Å². The molecule has 0 aliphatic rings. The fourth-order valence-corrected chi connectivity index (χ4v) is 5.66. The standard InChI is InChI=1S/C30H27Cl2N5O4S/c1-37(2)18-28(38)36-42(3,41)26-7-5-4-6-23(26)19-8-10-20(11-9-19)29(39)34-25-14-12-21(31)16-24(25)30(40)35-27-15-13-22(32)17-33-27/h4-17H,3,18H2,1-2H3,(H,34,39)(H,33,35,40)(H,36,38,41). The maximum absolute atomic E-state index is 13.4. The minimum Gasteiger partial charge on any atom is -0.321 e. The molecule has 9 nitrogen and oxygen atoms in total. The number of hydrogen-bond donors (Lipinski definition) is 3. The summed E-state index contributed by atoms with van der Waals surface area (Å²) in [7, 11) is 0.310. The molecule has 4 rings (SSSR count). The molecular formula is C30H27Cl2N5O4S. The number of aromatic nitrogens is 1. The predicted octanol–water partition coefficient (Wildman–Crippen LogP) is 5.23. The van der Waals surface area contributed by atoms with Crippen molar-refractivity contribution in [2.75, 3.05) is 31.3 Å². The molecule has 1 aromatic heterocycles. The van der Waals surface area contributed by atoms with E-state index in [1.165, 1.54) is 18.3 Å². The maximum atomic E-state index is 13.4. The third-order valence-electron chi connectivity index (χ3n) is 5.88. The van der Waals surface area contributed by atoms with Gasteiger partial charge in [-0.25, -0.2) is 9.19 Å². The number of carbonyl (C=O) groups excluding carboxylic acids is 3. The molecule has 0 fully saturated rings. The van der Waals surface area contributed by atoms with Gasteiger partial charge in [0.1, 0.15) is 5.82 Å². The van der Waals surface area contributed by atoms with Crippen LogP contribution >= 0.6 is 23.2 Å². The zero-order valence-corrected chi connectivity index (χ0v) is 25.0. The van der Waals surface area contributed by atoms with Crippen molar-refractivity contribution < 1.29 is 18.6 Å². The summed E-state index contributed by atoms with van der Waals surface area (Å²) in [6.07, 6.45) is 1.40. The van der Waals surface area contributed by atoms with Gasteiger partial charge < -0.3 is 15.5 Å². The van der Waals surface area contributed by atoms with Gasteiger partial charge in [0, 0.05) is 16.8 Å². The van der Waals surface area contributed by atoms with Crippen LogP contribution in [0.3, 0.4) is 0 Å². The molecule has 0 bridgehead atoms. The van der Waals surface area contributed by atoms with E-state index in [1.807, 2.05) is 0 Å². The van der Waals surface area contributed by atoms with Gasteiger partial charge in [-0.1, -0.05) is 53.5 Å². The minimum atomic E-state index is -3.16. The van der Waals surface area contributed by atoms with Crippen molar-refractivity contribution >= 4 is 68.0 Å². The highest BCUT2D eigenvalue weighted by molar-refractivity contribution is 7.99. The normalized spacial score (nSPS) is 12.3. The van der Waals surface area contributed by atoms with Gasteiger partial charge in [0.15, 0.2) is 0 Å². The number of hydrogen-bond acceptors (Lipinski definition) is 6. The minimum absolute atomic E-state index is 0.0630. The van der Waals surface area contributed by atoms with Gasteiger partial charge in [0.05, 0.1) is 37.4 Å². The van der Waals surface area contributed by atoms with Gasteiger partial charge in [-0.05, 0) is 79.6 Å². The van der Waals surface area contributed by atoms with Crippen molar-refractivity contribution in [2.45, 2.75) is 4.90 Å². The van der Waals surface area contributed by atoms with E-state index in [0.717, 1.165) is 0 Å². The van der Waals surface area contributed by atoms with Crippen molar-refractivity contribution in [2.24, 2.45) is 0 Å². The molecule has 1 unspecified atom stereocenters. The molecule has 0 aliphatic carbocycles. The number of halogens is 2. The monoisotopic (exact) mass is 623 g/mol. The van der Waals surface area contributed by atoms with Crippen LogP contribution in [0.4, 0.5) is 11.5 Å². The molecule has 12 heteroatoms. The molecule has 0 aliphatic heterocycles. The van der Waals surface area contributed by atoms with E-state index in [1.54, 1.807) is 85.7 Å². The van der Waals surface area contributed by atoms with Gasteiger partial charge in [0.25, 0.3) is 11.8 Å². The lowest BCUT2D eigenvalue weighted by molar-refractivity contribution is -0.119. The number of nitrogens with zero attached hydrogens (tertiary/aromatic N) is 2. The largest absolute Gasteiger partial charge is 0.321 e. The molecular weight excluding hydrogens is 597 g/mol. The average Bonchev–Trinajstić information content (AvgIpc) is 2.94. The smallest absolute Gasteiger partial charge is 0.258 e. The maximum Gasteiger partial charge on any atom is 0.258 e. The predicted molar refractivity (Wildman–Crippen MR) is 169 cm³/mol. The van der Waals surface area contributed by atoms with E-state index in [0.29, 0.717) is 31.6 Å². The van der Waals surface area contributed by atoms with Crippen molar-refractivity contribution in [1.82, 2.24) is 14.6 Å². The van der Waals surface area contributed by atoms with E-state index >= 15 is 0 Å². The van der Waals surface area contributed by atoms with E-state index in [4.69, 9.17) is 23.2 Å². The Morgan fingerprint density at radius 3 is 2.24 bits per heavy atom. The molecule has 0 radical (unpaired) electrons. The lowest BCUT2D eigenvalue weighted by Gasteiger charge is -2.17. The summed E-state index contributed by atoms with van der Waals surface area (Å²) < 4.78 is 15.9. The Labute approximate surface area is 254 Å². The fourth-order valence-electron chi connectivity index (χ4n) is 3.99. The Balaban J connectivity index is 1.54. The Hall–Kier alpha value is -4.22. The summed E-state index contributed by atoms with van der Waals surface area (Å²) in [6, 6.07) is 21.2. The van der Waals surface area contributed by atoms with Crippen LogP contribution in [0.1, 0.15) is 20.7 Å². The van der Waals surface area contributed by atoms with Crippen molar-refractivity contribution in [3.63, 3.8) is 0 Å². The summed E-state index contributed by atoms with van der Waals surface area (Å²) in [4.78, 5) is 44.5. The topological polar surface area (TPSA) is 121 Å². The summed E-state index contributed by atoms with van der Waals surface area (Å²) in [5, 5.41) is 6.14. The van der Waals surface area contributed by atoms with Gasteiger partial charge in [-0.3, -0.25) is 19.1 Å². The SMILES string of the molecule is C=S(=O)(NC(=O)CN(C)C)c1ccccc1-c1ccc(C(=O)Nc2ccc(Cl)cc2C(=O)Nc2ccc(Cl)cn2)cc1. The van der Waals surface area contributed by atoms with Crippen LogP contribution in [-0.4, -0.2) is 58.3 Å². The third-order valence-corrected chi connectivity index (χ3v) is 7.96. The number of pyridine rings is 1. The summed E-state index contributed by atoms with van der Waals surface area (Å²) in [5.74, 6) is 2.66. The second-order valence-electron chi connectivity index (χ2n) is 9.47. The first-order chi connectivity index (χ1) is 19.9. The lowest BCUT2D eigenvalue weighted by atomic mass is 10.0. The highest BCUT2D eigenvalue weighted by Crippen LogP contribution is 2.28. The Morgan fingerprint density at radius 2 is 1.57 bits per heavy atom. The van der Waals surface area contributed by atoms with Crippen LogP contribution in [0.2, 0.25) is 10.0 Å². The first-order valence-corrected chi connectivity index (χ1v) is 15.0. The molecule has 3 N–H and O–H groups in total. The molecule has 42 heavy (non-hydrogen) atoms. The highest BCUT2D eigenvalue weighted by Gasteiger charge is 2.19. The number of anilines is 2. The van der Waals surface area contributed by atoms with E-state index in [9.17, 15) is 18.6 Å².